The predicted molar refractivity (Wildman–Crippen MR) is 115 cm³/mol. The number of alkyl halides is 3. The Kier molecular flexibility index (Phi) is 9.40. The summed E-state index contributed by atoms with van der Waals surface area (Å²) in [5.41, 5.74) is 0.267. The van der Waals surface area contributed by atoms with Crippen molar-refractivity contribution in [3.05, 3.63) is 45.7 Å². The SMILES string of the molecule is CCNC(=NCc1ccc(N(C)C)c(F)c1)NCc1nc(C(F)(F)F)cs1.I. The molecule has 0 amide bonds. The number of thiazole rings is 1. The molecule has 0 aliphatic heterocycles. The molecular weight excluding hydrogens is 509 g/mol. The molecule has 2 N–H and O–H groups in total. The Morgan fingerprint density at radius 1 is 1.25 bits per heavy atom. The first kappa shape index (κ1) is 24.4. The first-order valence-electron chi connectivity index (χ1n) is 8.20. The van der Waals surface area contributed by atoms with Crippen LogP contribution in [-0.2, 0) is 19.3 Å². The third kappa shape index (κ3) is 7.08. The zero-order valence-electron chi connectivity index (χ0n) is 15.6. The van der Waals surface area contributed by atoms with E-state index in [0.29, 0.717) is 28.8 Å². The normalized spacial score (nSPS) is 11.8. The molecule has 0 saturated heterocycles. The quantitative estimate of drug-likeness (QED) is 0.254. The number of nitrogens with zero attached hydrogens (tertiary/aromatic N) is 3. The van der Waals surface area contributed by atoms with E-state index >= 15 is 0 Å². The molecule has 2 rings (SSSR count). The smallest absolute Gasteiger partial charge is 0.375 e. The highest BCUT2D eigenvalue weighted by molar-refractivity contribution is 14.0. The molecule has 0 bridgehead atoms. The number of benzene rings is 1. The Morgan fingerprint density at radius 3 is 2.50 bits per heavy atom. The minimum absolute atomic E-state index is 0. The summed E-state index contributed by atoms with van der Waals surface area (Å²) in [7, 11) is 3.51. The number of nitrogens with one attached hydrogen (secondary N) is 2. The van der Waals surface area contributed by atoms with Crippen molar-refractivity contribution in [3.8, 4) is 0 Å². The number of hydrogen-bond acceptors (Lipinski definition) is 4. The lowest BCUT2D eigenvalue weighted by molar-refractivity contribution is -0.140. The number of aliphatic imine (C=N–C) groups is 1. The second-order valence-corrected chi connectivity index (χ2v) is 6.80. The van der Waals surface area contributed by atoms with Crippen LogP contribution in [0.25, 0.3) is 0 Å². The van der Waals surface area contributed by atoms with Crippen molar-refractivity contribution < 1.29 is 17.6 Å². The van der Waals surface area contributed by atoms with Gasteiger partial charge in [-0.3, -0.25) is 0 Å². The largest absolute Gasteiger partial charge is 0.434 e. The molecule has 1 heterocycles. The van der Waals surface area contributed by atoms with Crippen molar-refractivity contribution in [2.75, 3.05) is 25.5 Å². The van der Waals surface area contributed by atoms with Gasteiger partial charge in [-0.25, -0.2) is 14.4 Å². The molecule has 0 fully saturated rings. The highest BCUT2D eigenvalue weighted by atomic mass is 127. The van der Waals surface area contributed by atoms with Crippen molar-refractivity contribution >= 4 is 47.0 Å². The lowest BCUT2D eigenvalue weighted by Gasteiger charge is -2.14. The van der Waals surface area contributed by atoms with Crippen LogP contribution in [0.15, 0.2) is 28.6 Å². The summed E-state index contributed by atoms with van der Waals surface area (Å²) in [6, 6.07) is 4.87. The Morgan fingerprint density at radius 2 is 1.96 bits per heavy atom. The Labute approximate surface area is 182 Å². The number of halogens is 5. The summed E-state index contributed by atoms with van der Waals surface area (Å²) in [5.74, 6) is 0.0754. The molecule has 0 spiro atoms. The van der Waals surface area contributed by atoms with Gasteiger partial charge in [-0.15, -0.1) is 35.3 Å². The van der Waals surface area contributed by atoms with Gasteiger partial charge in [-0.05, 0) is 24.6 Å². The summed E-state index contributed by atoms with van der Waals surface area (Å²) < 4.78 is 51.8. The van der Waals surface area contributed by atoms with Crippen LogP contribution < -0.4 is 15.5 Å². The molecule has 1 aromatic carbocycles. The van der Waals surface area contributed by atoms with Crippen LogP contribution in [0.1, 0.15) is 23.2 Å². The van der Waals surface area contributed by atoms with E-state index in [1.54, 1.807) is 31.1 Å². The average molecular weight is 531 g/mol. The number of aromatic nitrogens is 1. The Bertz CT molecular complexity index is 792. The first-order chi connectivity index (χ1) is 12.7. The first-order valence-corrected chi connectivity index (χ1v) is 9.08. The highest BCUT2D eigenvalue weighted by Gasteiger charge is 2.33. The van der Waals surface area contributed by atoms with E-state index in [4.69, 9.17) is 0 Å². The number of hydrogen-bond donors (Lipinski definition) is 2. The van der Waals surface area contributed by atoms with Crippen LogP contribution in [0.4, 0.5) is 23.2 Å². The van der Waals surface area contributed by atoms with Crippen LogP contribution in [0.5, 0.6) is 0 Å². The van der Waals surface area contributed by atoms with Gasteiger partial charge in [0.15, 0.2) is 11.7 Å². The van der Waals surface area contributed by atoms with Gasteiger partial charge in [-0.2, -0.15) is 13.2 Å². The molecule has 0 radical (unpaired) electrons. The molecule has 11 heteroatoms. The van der Waals surface area contributed by atoms with E-state index in [1.165, 1.54) is 6.07 Å². The number of anilines is 1. The van der Waals surface area contributed by atoms with E-state index in [2.05, 4.69) is 20.6 Å². The molecular formula is C17H22F4IN5S. The topological polar surface area (TPSA) is 52.6 Å². The maximum Gasteiger partial charge on any atom is 0.434 e. The van der Waals surface area contributed by atoms with Crippen LogP contribution in [0, 0.1) is 5.82 Å². The van der Waals surface area contributed by atoms with E-state index in [0.717, 1.165) is 16.7 Å². The molecule has 0 unspecified atom stereocenters. The van der Waals surface area contributed by atoms with Crippen LogP contribution in [-0.4, -0.2) is 31.6 Å². The minimum Gasteiger partial charge on any atom is -0.375 e. The summed E-state index contributed by atoms with van der Waals surface area (Å²) in [5, 5.41) is 7.21. The fraction of sp³-hybridized carbons (Fsp3) is 0.412. The van der Waals surface area contributed by atoms with Gasteiger partial charge in [0.25, 0.3) is 0 Å². The van der Waals surface area contributed by atoms with E-state index in [-0.39, 0.29) is 42.9 Å². The number of guanidine groups is 1. The predicted octanol–water partition coefficient (Wildman–Crippen LogP) is 4.24. The van der Waals surface area contributed by atoms with Gasteiger partial charge in [0.05, 0.1) is 18.8 Å². The monoisotopic (exact) mass is 531 g/mol. The standard InChI is InChI=1S/C17H21F4N5S.HI/c1-4-22-16(24-9-15-25-14(10-27-15)17(19,20)21)23-8-11-5-6-13(26(2)3)12(18)7-11;/h5-7,10H,4,8-9H2,1-3H3,(H2,22,23,24);1H. The van der Waals surface area contributed by atoms with Gasteiger partial charge in [0, 0.05) is 26.0 Å². The molecule has 0 aliphatic carbocycles. The molecule has 5 nitrogen and oxygen atoms in total. The Balaban J connectivity index is 0.00000392. The minimum atomic E-state index is -4.45. The van der Waals surface area contributed by atoms with Gasteiger partial charge in [-0.1, -0.05) is 6.07 Å². The Hall–Kier alpha value is -1.63. The second kappa shape index (κ2) is 10.8. The van der Waals surface area contributed by atoms with Crippen LogP contribution >= 0.6 is 35.3 Å². The van der Waals surface area contributed by atoms with Gasteiger partial charge < -0.3 is 15.5 Å². The van der Waals surface area contributed by atoms with Gasteiger partial charge in [0.2, 0.25) is 0 Å². The van der Waals surface area contributed by atoms with E-state index in [1.807, 2.05) is 6.92 Å². The highest BCUT2D eigenvalue weighted by Crippen LogP contribution is 2.29. The molecule has 0 aliphatic rings. The average Bonchev–Trinajstić information content (AvgIpc) is 3.06. The summed E-state index contributed by atoms with van der Waals surface area (Å²) >= 11 is 0.927. The molecule has 1 aromatic heterocycles. The summed E-state index contributed by atoms with van der Waals surface area (Å²) in [4.78, 5) is 9.58. The maximum absolute atomic E-state index is 14.0. The summed E-state index contributed by atoms with van der Waals surface area (Å²) in [6.07, 6.45) is -4.45. The van der Waals surface area contributed by atoms with Crippen molar-refractivity contribution in [1.82, 2.24) is 15.6 Å². The lowest BCUT2D eigenvalue weighted by Crippen LogP contribution is -2.36. The zero-order valence-corrected chi connectivity index (χ0v) is 18.7. The van der Waals surface area contributed by atoms with Crippen LogP contribution in [0.2, 0.25) is 0 Å². The molecule has 0 saturated carbocycles. The van der Waals surface area contributed by atoms with Crippen molar-refractivity contribution in [1.29, 1.82) is 0 Å². The number of rotatable bonds is 6. The fourth-order valence-electron chi connectivity index (χ4n) is 2.21. The molecule has 2 aromatic rings. The third-order valence-corrected chi connectivity index (χ3v) is 4.36. The van der Waals surface area contributed by atoms with E-state index in [9.17, 15) is 17.6 Å². The lowest BCUT2D eigenvalue weighted by atomic mass is 10.2. The zero-order chi connectivity index (χ0) is 20.0. The molecule has 156 valence electrons. The van der Waals surface area contributed by atoms with E-state index < -0.39 is 11.9 Å². The van der Waals surface area contributed by atoms with Crippen LogP contribution in [0.3, 0.4) is 0 Å². The molecule has 0 atom stereocenters. The summed E-state index contributed by atoms with van der Waals surface area (Å²) in [6.45, 7) is 2.78. The second-order valence-electron chi connectivity index (χ2n) is 5.85. The fourth-order valence-corrected chi connectivity index (χ4v) is 2.95. The van der Waals surface area contributed by atoms with Crippen molar-refractivity contribution in [2.24, 2.45) is 4.99 Å². The maximum atomic E-state index is 14.0. The van der Waals surface area contributed by atoms with Gasteiger partial charge in [0.1, 0.15) is 10.8 Å². The molecule has 28 heavy (non-hydrogen) atoms. The third-order valence-electron chi connectivity index (χ3n) is 3.51. The van der Waals surface area contributed by atoms with Crippen molar-refractivity contribution in [3.63, 3.8) is 0 Å². The van der Waals surface area contributed by atoms with Gasteiger partial charge >= 0.3 is 6.18 Å². The van der Waals surface area contributed by atoms with Crippen molar-refractivity contribution in [2.45, 2.75) is 26.2 Å².